The highest BCUT2D eigenvalue weighted by Crippen LogP contribution is 2.42. The van der Waals surface area contributed by atoms with Crippen LogP contribution in [0.3, 0.4) is 0 Å². The van der Waals surface area contributed by atoms with E-state index in [1.807, 2.05) is 19.5 Å². The van der Waals surface area contributed by atoms with Crippen molar-refractivity contribution in [1.82, 2.24) is 66.3 Å². The minimum absolute atomic E-state index is 0.0158. The smallest absolute Gasteiger partial charge is 0.358 e. The Morgan fingerprint density at radius 2 is 1.69 bits per heavy atom. The van der Waals surface area contributed by atoms with E-state index < -0.39 is 85.7 Å². The maximum Gasteiger partial charge on any atom is 0.358 e. The van der Waals surface area contributed by atoms with Gasteiger partial charge < -0.3 is 70.7 Å². The molecule has 0 aliphatic carbocycles. The lowest BCUT2D eigenvalue weighted by Crippen LogP contribution is -2.47. The lowest BCUT2D eigenvalue weighted by Gasteiger charge is -2.30. The summed E-state index contributed by atoms with van der Waals surface area (Å²) in [4.78, 5) is 93.8. The molecular formula is C54H59N13O14S5. The number of aliphatic hydroxyl groups is 3. The number of likely N-dealkylation sites (N-methyl/N-ethyl adjacent to an activating group) is 2. The zero-order valence-corrected chi connectivity index (χ0v) is 50.9. The van der Waals surface area contributed by atoms with Crippen molar-refractivity contribution in [2.24, 2.45) is 0 Å². The van der Waals surface area contributed by atoms with Crippen molar-refractivity contribution >= 4 is 97.0 Å². The van der Waals surface area contributed by atoms with E-state index >= 15 is 0 Å². The van der Waals surface area contributed by atoms with Gasteiger partial charge in [0.25, 0.3) is 11.8 Å². The number of aliphatic hydroxyl groups excluding tert-OH is 3. The van der Waals surface area contributed by atoms with Gasteiger partial charge in [-0.2, -0.15) is 4.73 Å². The van der Waals surface area contributed by atoms with Gasteiger partial charge in [-0.25, -0.2) is 39.5 Å². The summed E-state index contributed by atoms with van der Waals surface area (Å²) >= 11 is 5.55. The van der Waals surface area contributed by atoms with Gasteiger partial charge in [0, 0.05) is 63.0 Å². The zero-order chi connectivity index (χ0) is 60.9. The third kappa shape index (κ3) is 13.3. The molecule has 2 amide bonds. The van der Waals surface area contributed by atoms with Gasteiger partial charge in [-0.15, -0.1) is 56.7 Å². The fraction of sp³-hybridized carbons (Fsp3) is 0.370. The number of nitrogens with one attached hydrogen (secondary N) is 5. The highest BCUT2D eigenvalue weighted by Gasteiger charge is 2.42. The summed E-state index contributed by atoms with van der Waals surface area (Å²) < 4.78 is 24.2. The number of rotatable bonds is 20. The van der Waals surface area contributed by atoms with Crippen molar-refractivity contribution in [3.8, 4) is 38.4 Å². The number of fused-ring (bicyclic) bond motifs is 4. The monoisotopic (exact) mass is 1270 g/mol. The SMILES string of the molecule is CN[C@H](CON/C(=C(\C)OC)c1nc(C(=O)N[C@@H]2c3nc(cs3)C(=O)N[C@H](c3nc(-c4nc(-c5nc(CNCCN(C)C)cs5)c(O)cc4-c4nc(CO)cs4)cs3)COC(=O)c3c4c5c(cccc5n3O)COC(=O)[C@@H](O)[C@H]2OC4)cs1)[C@@H](C)O. The number of hydrogen-bond donors (Lipinski definition) is 10. The van der Waals surface area contributed by atoms with E-state index in [-0.39, 0.29) is 84.6 Å². The van der Waals surface area contributed by atoms with E-state index in [4.69, 9.17) is 38.7 Å². The molecule has 0 unspecified atom stereocenters. The standard InChI is InChI=1S/C54H59N13O14S5/c1-24(69)31(55-3)18-81-65-39(25(2)77-6)50-61-35(23-85-50)47(73)64-42-45-44(71)54(75)79-15-26-8-7-9-36-38(26)30(16-78-45)43(67(36)76)53(74)80-17-32(59-46(72)34-22-86-52(42)62-34)49-60-33(21-84-49)40-29(48-58-28(14-68)20-82-48)12-37(70)41(63-40)51-57-27(19-83-51)13-56-10-11-66(4)5/h7-9,12,19-24,31-32,42,44-45,55-56,65,68-71,76H,10-11,13-18H2,1-6H3,(H,59,72)(H,64,73)/b39-25+/t24-,31-,32+,42+,44+,45+/m1/s1. The highest BCUT2D eigenvalue weighted by atomic mass is 32.1. The Morgan fingerprint density at radius 1 is 0.930 bits per heavy atom. The Morgan fingerprint density at radius 3 is 2.44 bits per heavy atom. The molecule has 86 heavy (non-hydrogen) atoms. The minimum Gasteiger partial charge on any atom is -0.506 e. The molecule has 2 aliphatic heterocycles. The number of hydroxylamine groups is 1. The second-order valence-corrected chi connectivity index (χ2v) is 24.3. The summed E-state index contributed by atoms with van der Waals surface area (Å²) in [5.74, 6) is -3.70. The van der Waals surface area contributed by atoms with Crippen LogP contribution in [0.5, 0.6) is 5.75 Å². The number of carbonyl (C=O) groups is 4. The van der Waals surface area contributed by atoms with Gasteiger partial charge in [0.05, 0.1) is 56.0 Å². The van der Waals surface area contributed by atoms with Crippen LogP contribution in [0.4, 0.5) is 0 Å². The number of aromatic nitrogens is 7. The number of methoxy groups -OCH3 is 1. The van der Waals surface area contributed by atoms with Gasteiger partial charge in [0.2, 0.25) is 0 Å². The first kappa shape index (κ1) is 61.6. The second-order valence-electron chi connectivity index (χ2n) is 19.9. The molecule has 27 nitrogen and oxygen atoms in total. The Balaban J connectivity index is 1.02. The van der Waals surface area contributed by atoms with Crippen molar-refractivity contribution in [1.29, 1.82) is 0 Å². The van der Waals surface area contributed by atoms with Crippen LogP contribution >= 0.6 is 56.7 Å². The fourth-order valence-corrected chi connectivity index (χ4v) is 13.4. The van der Waals surface area contributed by atoms with Gasteiger partial charge in [-0.1, -0.05) is 12.1 Å². The normalized spacial score (nSPS) is 18.5. The molecule has 0 saturated carbocycles. The lowest BCUT2D eigenvalue weighted by molar-refractivity contribution is -0.166. The van der Waals surface area contributed by atoms with E-state index in [2.05, 4.69) is 46.6 Å². The Labute approximate surface area is 510 Å². The maximum atomic E-state index is 14.6. The molecule has 1 aromatic carbocycles. The average molecular weight is 1270 g/mol. The summed E-state index contributed by atoms with van der Waals surface area (Å²) in [6.07, 6.45) is -4.63. The number of benzene rings is 1. The first-order valence-corrected chi connectivity index (χ1v) is 30.9. The van der Waals surface area contributed by atoms with E-state index in [1.54, 1.807) is 43.8 Å². The summed E-state index contributed by atoms with van der Waals surface area (Å²) in [5, 5.41) is 77.0. The van der Waals surface area contributed by atoms with Gasteiger partial charge in [-0.3, -0.25) is 19.9 Å². The molecule has 454 valence electrons. The number of aromatic hydroxyl groups is 1. The number of esters is 2. The number of cyclic esters (lactones) is 2. The van der Waals surface area contributed by atoms with Crippen molar-refractivity contribution < 1.29 is 68.6 Å². The second kappa shape index (κ2) is 27.1. The number of thiazole rings is 5. The quantitative estimate of drug-likeness (QED) is 0.0167. The highest BCUT2D eigenvalue weighted by molar-refractivity contribution is 7.13. The fourth-order valence-electron chi connectivity index (χ4n) is 9.16. The average Bonchev–Trinajstić information content (AvgIpc) is 1.99. The van der Waals surface area contributed by atoms with Gasteiger partial charge in [-0.05, 0) is 52.7 Å². The summed E-state index contributed by atoms with van der Waals surface area (Å²) in [6.45, 7) is 3.41. The van der Waals surface area contributed by atoms with Crippen LogP contribution in [-0.2, 0) is 54.9 Å². The topological polar surface area (TPSA) is 361 Å². The summed E-state index contributed by atoms with van der Waals surface area (Å²) in [5.41, 5.74) is 5.09. The molecule has 7 aromatic heterocycles. The Bertz CT molecular complexity index is 3810. The molecule has 4 bridgehead atoms. The molecule has 0 radical (unpaired) electrons. The lowest BCUT2D eigenvalue weighted by atomic mass is 10.0. The van der Waals surface area contributed by atoms with Gasteiger partial charge in [0.15, 0.2) is 11.8 Å². The molecule has 2 aliphatic rings. The molecule has 9 heterocycles. The summed E-state index contributed by atoms with van der Waals surface area (Å²) in [7, 11) is 7.07. The first-order chi connectivity index (χ1) is 41.4. The predicted molar refractivity (Wildman–Crippen MR) is 317 cm³/mol. The van der Waals surface area contributed by atoms with Crippen molar-refractivity contribution in [3.63, 3.8) is 0 Å². The molecule has 10 rings (SSSR count). The van der Waals surface area contributed by atoms with E-state index in [0.717, 1.165) is 52.8 Å². The third-order valence-corrected chi connectivity index (χ3v) is 18.4. The minimum atomic E-state index is -2.13. The molecular weight excluding hydrogens is 1220 g/mol. The van der Waals surface area contributed by atoms with E-state index in [9.17, 15) is 44.8 Å². The van der Waals surface area contributed by atoms with Crippen LogP contribution in [0.2, 0.25) is 0 Å². The number of ether oxygens (including phenoxy) is 4. The molecule has 10 N–H and O–H groups in total. The predicted octanol–water partition coefficient (Wildman–Crippen LogP) is 4.35. The molecule has 6 atom stereocenters. The molecule has 0 fully saturated rings. The zero-order valence-electron chi connectivity index (χ0n) is 46.8. The third-order valence-electron chi connectivity index (χ3n) is 13.8. The maximum absolute atomic E-state index is 14.6. The van der Waals surface area contributed by atoms with Crippen LogP contribution in [0.1, 0.15) is 94.9 Å². The molecule has 0 spiro atoms. The van der Waals surface area contributed by atoms with Gasteiger partial charge >= 0.3 is 11.9 Å². The van der Waals surface area contributed by atoms with Crippen molar-refractivity contribution in [2.75, 3.05) is 54.6 Å². The van der Waals surface area contributed by atoms with E-state index in [1.165, 1.54) is 52.7 Å². The number of hydrogen-bond acceptors (Lipinski definition) is 29. The largest absolute Gasteiger partial charge is 0.506 e. The molecule has 8 aromatic rings. The van der Waals surface area contributed by atoms with E-state index in [0.29, 0.717) is 43.9 Å². The van der Waals surface area contributed by atoms with Crippen LogP contribution in [0.25, 0.3) is 49.3 Å². The number of allylic oxidation sites excluding steroid dienone is 1. The van der Waals surface area contributed by atoms with Gasteiger partial charge in [0.1, 0.15) is 102 Å². The Kier molecular flexibility index (Phi) is 19.4. The number of carbonyl (C=O) groups excluding carboxylic acids is 4. The number of amides is 2. The van der Waals surface area contributed by atoms with Crippen LogP contribution < -0.4 is 26.7 Å². The van der Waals surface area contributed by atoms with Crippen molar-refractivity contribution in [2.45, 2.75) is 76.7 Å². The van der Waals surface area contributed by atoms with Crippen LogP contribution in [0.15, 0.2) is 56.9 Å². The number of nitrogens with zero attached hydrogens (tertiary/aromatic N) is 8. The summed E-state index contributed by atoms with van der Waals surface area (Å²) in [6, 6.07) is 3.02. The Hall–Kier alpha value is -7.44. The van der Waals surface area contributed by atoms with Crippen molar-refractivity contribution in [3.05, 3.63) is 112 Å². The van der Waals surface area contributed by atoms with Crippen LogP contribution in [-0.4, -0.2) is 168 Å². The molecule has 32 heteroatoms. The van der Waals surface area contributed by atoms with Crippen LogP contribution in [0, 0.1) is 0 Å². The molecule has 0 saturated heterocycles. The number of pyridine rings is 1. The first-order valence-electron chi connectivity index (χ1n) is 26.5.